The smallest absolute Gasteiger partial charge is 0.254 e. The van der Waals surface area contributed by atoms with Gasteiger partial charge in [-0.2, -0.15) is 4.98 Å². The Labute approximate surface area is 167 Å². The molecule has 0 spiro atoms. The van der Waals surface area contributed by atoms with Crippen molar-refractivity contribution >= 4 is 29.1 Å². The van der Waals surface area contributed by atoms with Gasteiger partial charge in [-0.15, -0.1) is 0 Å². The van der Waals surface area contributed by atoms with E-state index in [1.165, 1.54) is 12.0 Å². The van der Waals surface area contributed by atoms with E-state index in [0.29, 0.717) is 29.6 Å². The summed E-state index contributed by atoms with van der Waals surface area (Å²) in [5, 5.41) is 5.88. The predicted octanol–water partition coefficient (Wildman–Crippen LogP) is 2.82. The standard InChI is InChI=1S/C21H19N5O3/c1-29-19-10-11-22-21(25-19)24-16-8-6-15(7-9-16)23-18(27)13-26-12-14-4-2-3-5-17(14)20(26)28/h2-11H,12-13H2,1H3,(H,23,27)(H,22,24,25). The second-order valence-corrected chi connectivity index (χ2v) is 6.49. The maximum absolute atomic E-state index is 12.4. The Bertz CT molecular complexity index is 1050. The van der Waals surface area contributed by atoms with E-state index in [2.05, 4.69) is 20.6 Å². The highest BCUT2D eigenvalue weighted by Crippen LogP contribution is 2.22. The monoisotopic (exact) mass is 389 g/mol. The lowest BCUT2D eigenvalue weighted by atomic mass is 10.1. The summed E-state index contributed by atoms with van der Waals surface area (Å²) in [6.07, 6.45) is 1.60. The lowest BCUT2D eigenvalue weighted by Gasteiger charge is -2.15. The third-order valence-corrected chi connectivity index (χ3v) is 4.49. The van der Waals surface area contributed by atoms with E-state index >= 15 is 0 Å². The average Bonchev–Trinajstić information content (AvgIpc) is 3.05. The zero-order valence-corrected chi connectivity index (χ0v) is 15.8. The maximum atomic E-state index is 12.4. The van der Waals surface area contributed by atoms with Gasteiger partial charge in [-0.3, -0.25) is 9.59 Å². The molecule has 0 saturated carbocycles. The highest BCUT2D eigenvalue weighted by Gasteiger charge is 2.28. The van der Waals surface area contributed by atoms with Gasteiger partial charge in [0.05, 0.1) is 7.11 Å². The number of anilines is 3. The molecule has 29 heavy (non-hydrogen) atoms. The Kier molecular flexibility index (Phi) is 5.07. The topological polar surface area (TPSA) is 96.5 Å². The van der Waals surface area contributed by atoms with Crippen molar-refractivity contribution in [2.45, 2.75) is 6.54 Å². The molecule has 1 aliphatic heterocycles. The molecule has 0 fully saturated rings. The van der Waals surface area contributed by atoms with Gasteiger partial charge in [0.15, 0.2) is 0 Å². The van der Waals surface area contributed by atoms with E-state index in [0.717, 1.165) is 11.3 Å². The van der Waals surface area contributed by atoms with Crippen LogP contribution in [0.5, 0.6) is 5.88 Å². The number of nitrogens with one attached hydrogen (secondary N) is 2. The number of rotatable bonds is 6. The molecular formula is C21H19N5O3. The Morgan fingerprint density at radius 2 is 1.86 bits per heavy atom. The van der Waals surface area contributed by atoms with Gasteiger partial charge in [0.2, 0.25) is 17.7 Å². The second kappa shape index (κ2) is 7.97. The van der Waals surface area contributed by atoms with Gasteiger partial charge >= 0.3 is 0 Å². The molecule has 0 atom stereocenters. The molecule has 0 radical (unpaired) electrons. The number of hydrogen-bond donors (Lipinski definition) is 2. The molecule has 8 nitrogen and oxygen atoms in total. The van der Waals surface area contributed by atoms with Crippen LogP contribution in [0.15, 0.2) is 60.8 Å². The van der Waals surface area contributed by atoms with Gasteiger partial charge in [-0.25, -0.2) is 4.98 Å². The zero-order chi connectivity index (χ0) is 20.2. The first-order valence-corrected chi connectivity index (χ1v) is 9.03. The number of methoxy groups -OCH3 is 1. The van der Waals surface area contributed by atoms with Crippen molar-refractivity contribution in [1.82, 2.24) is 14.9 Å². The predicted molar refractivity (Wildman–Crippen MR) is 108 cm³/mol. The largest absolute Gasteiger partial charge is 0.481 e. The summed E-state index contributed by atoms with van der Waals surface area (Å²) in [6, 6.07) is 16.2. The average molecular weight is 389 g/mol. The number of carbonyl (C=O) groups excluding carboxylic acids is 2. The van der Waals surface area contributed by atoms with Crippen molar-refractivity contribution in [2.24, 2.45) is 0 Å². The van der Waals surface area contributed by atoms with Crippen LogP contribution in [0.25, 0.3) is 0 Å². The molecule has 3 aromatic rings. The van der Waals surface area contributed by atoms with Crippen LogP contribution in [0.2, 0.25) is 0 Å². The van der Waals surface area contributed by atoms with Crippen LogP contribution in [0, 0.1) is 0 Å². The van der Waals surface area contributed by atoms with Gasteiger partial charge in [0.25, 0.3) is 5.91 Å². The molecule has 0 bridgehead atoms. The van der Waals surface area contributed by atoms with Crippen LogP contribution < -0.4 is 15.4 Å². The molecule has 2 amide bonds. The fourth-order valence-corrected chi connectivity index (χ4v) is 3.10. The lowest BCUT2D eigenvalue weighted by Crippen LogP contribution is -2.33. The van der Waals surface area contributed by atoms with Crippen molar-refractivity contribution in [3.8, 4) is 5.88 Å². The van der Waals surface area contributed by atoms with Crippen molar-refractivity contribution < 1.29 is 14.3 Å². The number of hydrogen-bond acceptors (Lipinski definition) is 6. The molecule has 2 heterocycles. The van der Waals surface area contributed by atoms with Crippen molar-refractivity contribution in [1.29, 1.82) is 0 Å². The number of ether oxygens (including phenoxy) is 1. The molecule has 1 aromatic heterocycles. The number of carbonyl (C=O) groups is 2. The van der Waals surface area contributed by atoms with Gasteiger partial charge in [0, 0.05) is 35.7 Å². The normalized spacial score (nSPS) is 12.4. The van der Waals surface area contributed by atoms with Crippen LogP contribution >= 0.6 is 0 Å². The van der Waals surface area contributed by atoms with Crippen LogP contribution in [-0.2, 0) is 11.3 Å². The van der Waals surface area contributed by atoms with E-state index in [9.17, 15) is 9.59 Å². The summed E-state index contributed by atoms with van der Waals surface area (Å²) in [4.78, 5) is 34.6. The molecular weight excluding hydrogens is 370 g/mol. The minimum atomic E-state index is -0.247. The van der Waals surface area contributed by atoms with Crippen molar-refractivity contribution in [3.05, 3.63) is 71.9 Å². The Morgan fingerprint density at radius 3 is 2.62 bits per heavy atom. The molecule has 2 aromatic carbocycles. The third kappa shape index (κ3) is 4.16. The second-order valence-electron chi connectivity index (χ2n) is 6.49. The Balaban J connectivity index is 1.34. The van der Waals surface area contributed by atoms with Gasteiger partial charge < -0.3 is 20.3 Å². The van der Waals surface area contributed by atoms with Crippen molar-refractivity contribution in [2.75, 3.05) is 24.3 Å². The highest BCUT2D eigenvalue weighted by atomic mass is 16.5. The summed E-state index contributed by atoms with van der Waals surface area (Å²) in [5.41, 5.74) is 3.01. The van der Waals surface area contributed by atoms with Gasteiger partial charge in [0.1, 0.15) is 6.54 Å². The Hall–Kier alpha value is -3.94. The molecule has 0 aliphatic carbocycles. The van der Waals surface area contributed by atoms with Crippen LogP contribution in [-0.4, -0.2) is 40.3 Å². The number of amides is 2. The summed E-state index contributed by atoms with van der Waals surface area (Å²) in [5.74, 6) is 0.509. The van der Waals surface area contributed by atoms with Crippen LogP contribution in [0.4, 0.5) is 17.3 Å². The highest BCUT2D eigenvalue weighted by molar-refractivity contribution is 6.02. The minimum absolute atomic E-state index is 0.00512. The van der Waals surface area contributed by atoms with Gasteiger partial charge in [-0.05, 0) is 35.9 Å². The number of aromatic nitrogens is 2. The molecule has 4 rings (SSSR count). The molecule has 146 valence electrons. The van der Waals surface area contributed by atoms with E-state index in [1.54, 1.807) is 42.6 Å². The minimum Gasteiger partial charge on any atom is -0.481 e. The van der Waals surface area contributed by atoms with Gasteiger partial charge in [-0.1, -0.05) is 18.2 Å². The fraction of sp³-hybridized carbons (Fsp3) is 0.143. The van der Waals surface area contributed by atoms with E-state index in [4.69, 9.17) is 4.74 Å². The third-order valence-electron chi connectivity index (χ3n) is 4.49. The number of benzene rings is 2. The molecule has 0 saturated heterocycles. The molecule has 8 heteroatoms. The first-order valence-electron chi connectivity index (χ1n) is 9.03. The number of fused-ring (bicyclic) bond motifs is 1. The molecule has 0 unspecified atom stereocenters. The zero-order valence-electron chi connectivity index (χ0n) is 15.8. The quantitative estimate of drug-likeness (QED) is 0.673. The van der Waals surface area contributed by atoms with Crippen molar-refractivity contribution in [3.63, 3.8) is 0 Å². The summed E-state index contributed by atoms with van der Waals surface area (Å²) in [6.45, 7) is 0.455. The molecule has 1 aliphatic rings. The van der Waals surface area contributed by atoms with E-state index in [-0.39, 0.29) is 18.4 Å². The molecule has 2 N–H and O–H groups in total. The fourth-order valence-electron chi connectivity index (χ4n) is 3.10. The first kappa shape index (κ1) is 18.4. The summed E-state index contributed by atoms with van der Waals surface area (Å²) < 4.78 is 5.07. The van der Waals surface area contributed by atoms with Crippen LogP contribution in [0.3, 0.4) is 0 Å². The summed E-state index contributed by atoms with van der Waals surface area (Å²) >= 11 is 0. The lowest BCUT2D eigenvalue weighted by molar-refractivity contribution is -0.116. The number of nitrogens with zero attached hydrogens (tertiary/aromatic N) is 3. The summed E-state index contributed by atoms with van der Waals surface area (Å²) in [7, 11) is 1.54. The van der Waals surface area contributed by atoms with Crippen LogP contribution in [0.1, 0.15) is 15.9 Å². The van der Waals surface area contributed by atoms with E-state index < -0.39 is 0 Å². The maximum Gasteiger partial charge on any atom is 0.254 e. The van der Waals surface area contributed by atoms with E-state index in [1.807, 2.05) is 18.2 Å². The SMILES string of the molecule is COc1ccnc(Nc2ccc(NC(=O)CN3Cc4ccccc4C3=O)cc2)n1. The Morgan fingerprint density at radius 1 is 1.10 bits per heavy atom. The first-order chi connectivity index (χ1) is 14.1.